The van der Waals surface area contributed by atoms with Crippen LogP contribution in [0.2, 0.25) is 0 Å². The molecule has 0 radical (unpaired) electrons. The van der Waals surface area contributed by atoms with Gasteiger partial charge in [-0.2, -0.15) is 0 Å². The first-order chi connectivity index (χ1) is 11.3. The fourth-order valence-corrected chi connectivity index (χ4v) is 3.15. The van der Waals surface area contributed by atoms with E-state index in [0.29, 0.717) is 0 Å². The molecule has 0 bridgehead atoms. The first-order valence-electron chi connectivity index (χ1n) is 7.17. The molecule has 114 valence electrons. The maximum atomic E-state index is 4.59. The monoisotopic (exact) mass is 322 g/mol. The first kappa shape index (κ1) is 14.0. The van der Waals surface area contributed by atoms with E-state index in [2.05, 4.69) is 20.2 Å². The summed E-state index contributed by atoms with van der Waals surface area (Å²) < 4.78 is 3.98. The van der Waals surface area contributed by atoms with Crippen LogP contribution in [-0.4, -0.2) is 29.1 Å². The average Bonchev–Trinajstić information content (AvgIpc) is 3.17. The van der Waals surface area contributed by atoms with E-state index in [1.807, 2.05) is 64.8 Å². The molecule has 0 aliphatic heterocycles. The lowest BCUT2D eigenvalue weighted by Gasteiger charge is -2.02. The Labute approximate surface area is 137 Å². The van der Waals surface area contributed by atoms with Gasteiger partial charge in [-0.1, -0.05) is 23.9 Å². The molecule has 0 saturated heterocycles. The maximum Gasteiger partial charge on any atom is 0.191 e. The summed E-state index contributed by atoms with van der Waals surface area (Å²) in [6, 6.07) is 11.7. The topological polar surface area (TPSA) is 60.9 Å². The van der Waals surface area contributed by atoms with Crippen LogP contribution in [0.15, 0.2) is 60.1 Å². The van der Waals surface area contributed by atoms with E-state index in [1.54, 1.807) is 18.0 Å². The molecule has 0 fully saturated rings. The fraction of sp³-hybridized carbons (Fsp3) is 0.125. The Morgan fingerprint density at radius 2 is 2.00 bits per heavy atom. The molecule has 0 aromatic carbocycles. The van der Waals surface area contributed by atoms with Gasteiger partial charge in [0.1, 0.15) is 11.3 Å². The number of imidazole rings is 1. The SMILES string of the molecule is Cn1c(SCc2cn3ccccc3n2)nnc1-c1ccccn1. The Kier molecular flexibility index (Phi) is 3.55. The van der Waals surface area contributed by atoms with Crippen LogP contribution in [0.1, 0.15) is 5.69 Å². The Bertz CT molecular complexity index is 911. The lowest BCUT2D eigenvalue weighted by molar-refractivity contribution is 0.792. The van der Waals surface area contributed by atoms with Crippen molar-refractivity contribution in [2.24, 2.45) is 7.05 Å². The summed E-state index contributed by atoms with van der Waals surface area (Å²) in [6.45, 7) is 0. The second-order valence-electron chi connectivity index (χ2n) is 5.07. The zero-order valence-electron chi connectivity index (χ0n) is 12.5. The molecule has 0 unspecified atom stereocenters. The van der Waals surface area contributed by atoms with Crippen molar-refractivity contribution in [3.05, 3.63) is 60.7 Å². The van der Waals surface area contributed by atoms with Gasteiger partial charge < -0.3 is 8.97 Å². The molecule has 0 spiro atoms. The summed E-state index contributed by atoms with van der Waals surface area (Å²) in [7, 11) is 1.95. The van der Waals surface area contributed by atoms with Crippen LogP contribution in [0.5, 0.6) is 0 Å². The highest BCUT2D eigenvalue weighted by atomic mass is 32.2. The smallest absolute Gasteiger partial charge is 0.191 e. The minimum atomic E-state index is 0.746. The molecule has 0 N–H and O–H groups in total. The molecule has 4 heterocycles. The first-order valence-corrected chi connectivity index (χ1v) is 8.16. The Balaban J connectivity index is 1.54. The van der Waals surface area contributed by atoms with Crippen LogP contribution in [0.25, 0.3) is 17.2 Å². The van der Waals surface area contributed by atoms with Gasteiger partial charge in [-0.25, -0.2) is 4.98 Å². The van der Waals surface area contributed by atoms with E-state index in [0.717, 1.165) is 33.8 Å². The van der Waals surface area contributed by atoms with E-state index < -0.39 is 0 Å². The number of hydrogen-bond donors (Lipinski definition) is 0. The number of rotatable bonds is 4. The molecule has 23 heavy (non-hydrogen) atoms. The van der Waals surface area contributed by atoms with Crippen molar-refractivity contribution >= 4 is 17.4 Å². The Hall–Kier alpha value is -2.67. The summed E-state index contributed by atoms with van der Waals surface area (Å²) in [4.78, 5) is 8.92. The predicted octanol–water partition coefficient (Wildman–Crippen LogP) is 2.82. The van der Waals surface area contributed by atoms with E-state index in [1.165, 1.54) is 0 Å². The molecule has 4 aromatic heterocycles. The van der Waals surface area contributed by atoms with Gasteiger partial charge in [0.2, 0.25) is 0 Å². The van der Waals surface area contributed by atoms with Crippen LogP contribution >= 0.6 is 11.8 Å². The summed E-state index contributed by atoms with van der Waals surface area (Å²) in [5.74, 6) is 1.51. The highest BCUT2D eigenvalue weighted by molar-refractivity contribution is 7.98. The number of thioether (sulfide) groups is 1. The second-order valence-corrected chi connectivity index (χ2v) is 6.01. The van der Waals surface area contributed by atoms with Crippen LogP contribution in [0.3, 0.4) is 0 Å². The molecule has 7 heteroatoms. The van der Waals surface area contributed by atoms with Crippen molar-refractivity contribution in [2.75, 3.05) is 0 Å². The lowest BCUT2D eigenvalue weighted by Crippen LogP contribution is -1.96. The molecule has 0 aliphatic rings. The molecule has 6 nitrogen and oxygen atoms in total. The Morgan fingerprint density at radius 3 is 2.83 bits per heavy atom. The van der Waals surface area contributed by atoms with Gasteiger partial charge >= 0.3 is 0 Å². The minimum absolute atomic E-state index is 0.746. The van der Waals surface area contributed by atoms with Gasteiger partial charge in [0.05, 0.1) is 5.69 Å². The van der Waals surface area contributed by atoms with Crippen molar-refractivity contribution in [3.63, 3.8) is 0 Å². The van der Waals surface area contributed by atoms with Crippen LogP contribution in [-0.2, 0) is 12.8 Å². The quantitative estimate of drug-likeness (QED) is 0.541. The summed E-state index contributed by atoms with van der Waals surface area (Å²) >= 11 is 1.62. The maximum absolute atomic E-state index is 4.59. The predicted molar refractivity (Wildman–Crippen MR) is 89.0 cm³/mol. The van der Waals surface area contributed by atoms with Crippen molar-refractivity contribution in [1.82, 2.24) is 29.1 Å². The number of nitrogens with zero attached hydrogens (tertiary/aromatic N) is 6. The second kappa shape index (κ2) is 5.85. The zero-order valence-corrected chi connectivity index (χ0v) is 13.3. The average molecular weight is 322 g/mol. The zero-order chi connectivity index (χ0) is 15.6. The largest absolute Gasteiger partial charge is 0.307 e. The van der Waals surface area contributed by atoms with Crippen molar-refractivity contribution in [3.8, 4) is 11.5 Å². The third kappa shape index (κ3) is 2.70. The summed E-state index contributed by atoms with van der Waals surface area (Å²) in [6.07, 6.45) is 5.80. The fourth-order valence-electron chi connectivity index (χ4n) is 2.35. The van der Waals surface area contributed by atoms with E-state index in [9.17, 15) is 0 Å². The molecule has 4 aromatic rings. The van der Waals surface area contributed by atoms with Crippen LogP contribution in [0.4, 0.5) is 0 Å². The van der Waals surface area contributed by atoms with Gasteiger partial charge in [0.25, 0.3) is 0 Å². The molecular weight excluding hydrogens is 308 g/mol. The third-order valence-electron chi connectivity index (χ3n) is 3.49. The molecule has 0 aliphatic carbocycles. The van der Waals surface area contributed by atoms with Gasteiger partial charge in [-0.05, 0) is 24.3 Å². The van der Waals surface area contributed by atoms with Crippen molar-refractivity contribution in [2.45, 2.75) is 10.9 Å². The normalized spacial score (nSPS) is 11.2. The van der Waals surface area contributed by atoms with Crippen LogP contribution in [0, 0.1) is 0 Å². The molecule has 0 atom stereocenters. The standard InChI is InChI=1S/C16H14N6S/c1-21-15(13-6-2-4-8-17-13)19-20-16(21)23-11-12-10-22-9-5-3-7-14(22)18-12/h2-10H,11H2,1H3. The van der Waals surface area contributed by atoms with E-state index >= 15 is 0 Å². The number of pyridine rings is 2. The van der Waals surface area contributed by atoms with Crippen LogP contribution < -0.4 is 0 Å². The van der Waals surface area contributed by atoms with E-state index in [-0.39, 0.29) is 0 Å². The Morgan fingerprint density at radius 1 is 1.09 bits per heavy atom. The third-order valence-corrected chi connectivity index (χ3v) is 4.55. The van der Waals surface area contributed by atoms with Crippen molar-refractivity contribution < 1.29 is 0 Å². The number of aromatic nitrogens is 6. The molecule has 0 amide bonds. The highest BCUT2D eigenvalue weighted by Gasteiger charge is 2.12. The summed E-state index contributed by atoms with van der Waals surface area (Å²) in [5, 5.41) is 9.36. The lowest BCUT2D eigenvalue weighted by atomic mass is 10.3. The molecule has 0 saturated carbocycles. The molecular formula is C16H14N6S. The summed E-state index contributed by atoms with van der Waals surface area (Å²) in [5.41, 5.74) is 2.79. The van der Waals surface area contributed by atoms with Gasteiger partial charge in [0.15, 0.2) is 11.0 Å². The minimum Gasteiger partial charge on any atom is -0.307 e. The van der Waals surface area contributed by atoms with E-state index in [4.69, 9.17) is 0 Å². The molecule has 4 rings (SSSR count). The van der Waals surface area contributed by atoms with Gasteiger partial charge in [0, 0.05) is 31.4 Å². The number of fused-ring (bicyclic) bond motifs is 1. The van der Waals surface area contributed by atoms with Gasteiger partial charge in [-0.15, -0.1) is 10.2 Å². The van der Waals surface area contributed by atoms with Crippen molar-refractivity contribution in [1.29, 1.82) is 0 Å². The highest BCUT2D eigenvalue weighted by Crippen LogP contribution is 2.24. The van der Waals surface area contributed by atoms with Gasteiger partial charge in [-0.3, -0.25) is 4.98 Å². The number of hydrogen-bond acceptors (Lipinski definition) is 5.